The first-order valence-electron chi connectivity index (χ1n) is 9.02. The molecular formula is C19H28N6. The van der Waals surface area contributed by atoms with Crippen LogP contribution >= 0.6 is 0 Å². The Labute approximate surface area is 149 Å². The summed E-state index contributed by atoms with van der Waals surface area (Å²) in [5.74, 6) is 1.09. The van der Waals surface area contributed by atoms with E-state index in [-0.39, 0.29) is 6.29 Å². The predicted octanol–water partition coefficient (Wildman–Crippen LogP) is 4.20. The summed E-state index contributed by atoms with van der Waals surface area (Å²) in [7, 11) is 0. The Balaban J connectivity index is 2.23. The minimum Gasteiger partial charge on any atom is -0.224 e. The molecule has 0 aliphatic rings. The van der Waals surface area contributed by atoms with Gasteiger partial charge in [0.1, 0.15) is 0 Å². The molecule has 0 aromatic carbocycles. The molecule has 3 aromatic heterocycles. The second-order valence-electron chi connectivity index (χ2n) is 7.41. The van der Waals surface area contributed by atoms with E-state index in [1.54, 1.807) is 0 Å². The highest BCUT2D eigenvalue weighted by Gasteiger charge is 2.26. The number of rotatable bonds is 6. The number of nitrogens with zero attached hydrogens (tertiary/aromatic N) is 6. The smallest absolute Gasteiger partial charge is 0.224 e. The van der Waals surface area contributed by atoms with Crippen molar-refractivity contribution in [1.82, 2.24) is 29.3 Å². The molecule has 0 radical (unpaired) electrons. The van der Waals surface area contributed by atoms with Gasteiger partial charge in [-0.05, 0) is 36.0 Å². The Morgan fingerprint density at radius 3 is 1.08 bits per heavy atom. The third kappa shape index (κ3) is 3.13. The van der Waals surface area contributed by atoms with Gasteiger partial charge in [-0.15, -0.1) is 0 Å². The highest BCUT2D eigenvalue weighted by molar-refractivity contribution is 5.13. The molecule has 6 nitrogen and oxygen atoms in total. The highest BCUT2D eigenvalue weighted by atomic mass is 15.6. The van der Waals surface area contributed by atoms with E-state index in [2.05, 4.69) is 75.0 Å². The van der Waals surface area contributed by atoms with E-state index in [1.165, 1.54) is 17.1 Å². The molecule has 3 heterocycles. The van der Waals surface area contributed by atoms with Gasteiger partial charge in [-0.3, -0.25) is 0 Å². The monoisotopic (exact) mass is 340 g/mol. The van der Waals surface area contributed by atoms with E-state index in [1.807, 2.05) is 32.6 Å². The van der Waals surface area contributed by atoms with E-state index in [4.69, 9.17) is 0 Å². The summed E-state index contributed by atoms with van der Waals surface area (Å²) >= 11 is 0. The molecule has 0 saturated carbocycles. The molecule has 3 rings (SSSR count). The molecule has 0 fully saturated rings. The summed E-state index contributed by atoms with van der Waals surface area (Å²) in [6, 6.07) is 6.23. The minimum atomic E-state index is -0.243. The van der Waals surface area contributed by atoms with Crippen molar-refractivity contribution in [1.29, 1.82) is 0 Å². The molecule has 0 unspecified atom stereocenters. The molecule has 134 valence electrons. The Hall–Kier alpha value is -2.37. The van der Waals surface area contributed by atoms with Gasteiger partial charge >= 0.3 is 0 Å². The van der Waals surface area contributed by atoms with Gasteiger partial charge in [0.2, 0.25) is 6.29 Å². The second-order valence-corrected chi connectivity index (χ2v) is 7.41. The molecule has 0 amide bonds. The zero-order chi connectivity index (χ0) is 18.1. The number of hydrogen-bond donors (Lipinski definition) is 0. The van der Waals surface area contributed by atoms with Crippen molar-refractivity contribution in [2.45, 2.75) is 65.6 Å². The molecule has 6 heteroatoms. The normalized spacial score (nSPS) is 12.2. The van der Waals surface area contributed by atoms with Crippen LogP contribution in [-0.2, 0) is 0 Å². The maximum atomic E-state index is 4.65. The first kappa shape index (κ1) is 17.5. The molecule has 0 bridgehead atoms. The standard InChI is InChI=1S/C19H28N6/c1-13(2)16-7-10-20-23(16)19(24-17(14(3)4)8-11-21-24)25-18(15(5)6)9-12-22-25/h7-15,19H,1-6H3. The third-order valence-electron chi connectivity index (χ3n) is 4.53. The largest absolute Gasteiger partial charge is 0.238 e. The Bertz CT molecular complexity index is 711. The fourth-order valence-corrected chi connectivity index (χ4v) is 3.23. The van der Waals surface area contributed by atoms with E-state index >= 15 is 0 Å². The van der Waals surface area contributed by atoms with Gasteiger partial charge in [0, 0.05) is 35.7 Å². The van der Waals surface area contributed by atoms with Crippen LogP contribution in [-0.4, -0.2) is 29.3 Å². The van der Waals surface area contributed by atoms with Crippen LogP contribution in [0.4, 0.5) is 0 Å². The fourth-order valence-electron chi connectivity index (χ4n) is 3.23. The summed E-state index contributed by atoms with van der Waals surface area (Å²) in [6.45, 7) is 13.1. The van der Waals surface area contributed by atoms with Crippen LogP contribution in [0.3, 0.4) is 0 Å². The Morgan fingerprint density at radius 1 is 0.560 bits per heavy atom. The molecule has 0 atom stereocenters. The molecule has 0 saturated heterocycles. The van der Waals surface area contributed by atoms with Crippen LogP contribution in [0.15, 0.2) is 36.8 Å². The summed E-state index contributed by atoms with van der Waals surface area (Å²) in [4.78, 5) is 0. The first-order chi connectivity index (χ1) is 11.9. The van der Waals surface area contributed by atoms with Gasteiger partial charge < -0.3 is 0 Å². The van der Waals surface area contributed by atoms with Crippen LogP contribution in [0.25, 0.3) is 0 Å². The minimum absolute atomic E-state index is 0.243. The summed E-state index contributed by atoms with van der Waals surface area (Å²) in [6.07, 6.45) is 5.34. The lowest BCUT2D eigenvalue weighted by Crippen LogP contribution is -2.32. The molecule has 0 N–H and O–H groups in total. The average Bonchev–Trinajstić information content (AvgIpc) is 3.28. The molecular weight excluding hydrogens is 312 g/mol. The zero-order valence-corrected chi connectivity index (χ0v) is 16.0. The van der Waals surface area contributed by atoms with Crippen LogP contribution in [0.2, 0.25) is 0 Å². The van der Waals surface area contributed by atoms with Gasteiger partial charge in [0.05, 0.1) is 0 Å². The van der Waals surface area contributed by atoms with Crippen LogP contribution in [0.5, 0.6) is 0 Å². The van der Waals surface area contributed by atoms with E-state index in [0.29, 0.717) is 17.8 Å². The summed E-state index contributed by atoms with van der Waals surface area (Å²) in [5.41, 5.74) is 3.50. The fraction of sp³-hybridized carbons (Fsp3) is 0.526. The average molecular weight is 340 g/mol. The van der Waals surface area contributed by atoms with E-state index in [9.17, 15) is 0 Å². The van der Waals surface area contributed by atoms with Crippen molar-refractivity contribution in [2.24, 2.45) is 0 Å². The third-order valence-corrected chi connectivity index (χ3v) is 4.53. The lowest BCUT2D eigenvalue weighted by Gasteiger charge is -2.27. The van der Waals surface area contributed by atoms with Crippen molar-refractivity contribution in [3.8, 4) is 0 Å². The van der Waals surface area contributed by atoms with Gasteiger partial charge in [-0.2, -0.15) is 15.3 Å². The van der Waals surface area contributed by atoms with Gasteiger partial charge in [-0.1, -0.05) is 41.5 Å². The van der Waals surface area contributed by atoms with Crippen molar-refractivity contribution in [3.63, 3.8) is 0 Å². The topological polar surface area (TPSA) is 53.5 Å². The molecule has 3 aromatic rings. The van der Waals surface area contributed by atoms with Crippen molar-refractivity contribution in [3.05, 3.63) is 53.9 Å². The Kier molecular flexibility index (Phi) is 4.79. The summed E-state index contributed by atoms with van der Waals surface area (Å²) in [5, 5.41) is 13.9. The van der Waals surface area contributed by atoms with E-state index in [0.717, 1.165) is 0 Å². The molecule has 0 aliphatic heterocycles. The first-order valence-corrected chi connectivity index (χ1v) is 9.02. The van der Waals surface area contributed by atoms with Crippen LogP contribution in [0, 0.1) is 0 Å². The van der Waals surface area contributed by atoms with Crippen LogP contribution in [0.1, 0.15) is 82.7 Å². The van der Waals surface area contributed by atoms with Crippen molar-refractivity contribution in [2.75, 3.05) is 0 Å². The molecule has 0 spiro atoms. The lowest BCUT2D eigenvalue weighted by atomic mass is 10.1. The van der Waals surface area contributed by atoms with Crippen LogP contribution < -0.4 is 0 Å². The maximum Gasteiger partial charge on any atom is 0.238 e. The zero-order valence-electron chi connectivity index (χ0n) is 16.0. The maximum absolute atomic E-state index is 4.65. The molecule has 25 heavy (non-hydrogen) atoms. The molecule has 0 aliphatic carbocycles. The SMILES string of the molecule is CC(C)c1ccnn1C(n1nccc1C(C)C)n1nccc1C(C)C. The summed E-state index contributed by atoms with van der Waals surface area (Å²) < 4.78 is 6.13. The lowest BCUT2D eigenvalue weighted by molar-refractivity contribution is 0.258. The van der Waals surface area contributed by atoms with Gasteiger partial charge in [0.15, 0.2) is 0 Å². The van der Waals surface area contributed by atoms with Crippen molar-refractivity contribution >= 4 is 0 Å². The van der Waals surface area contributed by atoms with E-state index < -0.39 is 0 Å². The highest BCUT2D eigenvalue weighted by Crippen LogP contribution is 2.27. The van der Waals surface area contributed by atoms with Crippen molar-refractivity contribution < 1.29 is 0 Å². The predicted molar refractivity (Wildman–Crippen MR) is 98.8 cm³/mol. The van der Waals surface area contributed by atoms with Gasteiger partial charge in [-0.25, -0.2) is 14.0 Å². The number of aromatic nitrogens is 6. The Morgan fingerprint density at radius 2 is 0.840 bits per heavy atom. The number of hydrogen-bond acceptors (Lipinski definition) is 3. The quantitative estimate of drug-likeness (QED) is 0.676. The van der Waals surface area contributed by atoms with Gasteiger partial charge in [0.25, 0.3) is 0 Å². The second kappa shape index (κ2) is 6.86.